The molecule has 0 aliphatic carbocycles. The van der Waals surface area contributed by atoms with Gasteiger partial charge in [0.05, 0.1) is 18.0 Å². The van der Waals surface area contributed by atoms with Crippen LogP contribution in [0.5, 0.6) is 0 Å². The second-order valence-corrected chi connectivity index (χ2v) is 9.03. The number of nitrogens with one attached hydrogen (secondary N) is 1. The summed E-state index contributed by atoms with van der Waals surface area (Å²) in [6.07, 6.45) is 1.58. The highest BCUT2D eigenvalue weighted by atomic mass is 35.5. The first-order valence-corrected chi connectivity index (χ1v) is 11.5. The highest BCUT2D eigenvalue weighted by Crippen LogP contribution is 2.27. The summed E-state index contributed by atoms with van der Waals surface area (Å²) in [6.45, 7) is 3.88. The Morgan fingerprint density at radius 3 is 2.26 bits per heavy atom. The third-order valence-corrected chi connectivity index (χ3v) is 6.39. The van der Waals surface area contributed by atoms with Gasteiger partial charge in [-0.15, -0.1) is 0 Å². The number of anilines is 1. The Labute approximate surface area is 215 Å². The van der Waals surface area contributed by atoms with Crippen molar-refractivity contribution < 1.29 is 9.72 Å². The zero-order chi connectivity index (χ0) is 25.3. The van der Waals surface area contributed by atoms with E-state index < -0.39 is 4.92 Å². The first-order valence-electron chi connectivity index (χ1n) is 10.4. The van der Waals surface area contributed by atoms with Crippen LogP contribution in [0.2, 0.25) is 15.1 Å². The van der Waals surface area contributed by atoms with Crippen LogP contribution in [0.1, 0.15) is 32.9 Å². The summed E-state index contributed by atoms with van der Waals surface area (Å²) in [5, 5.41) is 23.8. The van der Waals surface area contributed by atoms with Gasteiger partial charge >= 0.3 is 5.69 Å². The standard InChI is InChI=1S/C23H19Cl3N6O3/c1-13-21(32(34)35)14(2)31(28-13)10-15-6-8-16(9-7-15)23(33)27-22-20(26)12-30(29-22)11-17-18(24)4-3-5-19(17)25/h3-9,12H,10-11H2,1-2H3,(H,27,29,33). The Morgan fingerprint density at radius 1 is 1.00 bits per heavy atom. The second kappa shape index (κ2) is 10.1. The molecule has 1 N–H and O–H groups in total. The third-order valence-electron chi connectivity index (χ3n) is 5.41. The molecule has 2 aromatic carbocycles. The van der Waals surface area contributed by atoms with Crippen molar-refractivity contribution in [2.75, 3.05) is 5.32 Å². The summed E-state index contributed by atoms with van der Waals surface area (Å²) in [5.74, 6) is -0.180. The second-order valence-electron chi connectivity index (χ2n) is 7.81. The number of nitro groups is 1. The van der Waals surface area contributed by atoms with Crippen molar-refractivity contribution in [1.29, 1.82) is 0 Å². The SMILES string of the molecule is Cc1nn(Cc2ccc(C(=O)Nc3nn(Cc4c(Cl)cccc4Cl)cc3Cl)cc2)c(C)c1[N+](=O)[O-]. The van der Waals surface area contributed by atoms with E-state index in [9.17, 15) is 14.9 Å². The van der Waals surface area contributed by atoms with Crippen LogP contribution >= 0.6 is 34.8 Å². The average molecular weight is 534 g/mol. The Balaban J connectivity index is 1.45. The number of carbonyl (C=O) groups is 1. The Morgan fingerprint density at radius 2 is 1.66 bits per heavy atom. The lowest BCUT2D eigenvalue weighted by Gasteiger charge is -2.07. The molecule has 0 bridgehead atoms. The molecule has 0 radical (unpaired) electrons. The van der Waals surface area contributed by atoms with Gasteiger partial charge in [-0.3, -0.25) is 24.3 Å². The molecule has 0 atom stereocenters. The van der Waals surface area contributed by atoms with E-state index in [2.05, 4.69) is 15.5 Å². The fourth-order valence-electron chi connectivity index (χ4n) is 3.63. The van der Waals surface area contributed by atoms with Gasteiger partial charge in [-0.05, 0) is 43.7 Å². The number of halogens is 3. The smallest absolute Gasteiger partial charge is 0.304 e. The van der Waals surface area contributed by atoms with Gasteiger partial charge < -0.3 is 5.32 Å². The quantitative estimate of drug-likeness (QED) is 0.234. The Hall–Kier alpha value is -3.40. The van der Waals surface area contributed by atoms with Crippen molar-refractivity contribution in [2.24, 2.45) is 0 Å². The minimum Gasteiger partial charge on any atom is -0.304 e. The van der Waals surface area contributed by atoms with Crippen molar-refractivity contribution in [3.63, 3.8) is 0 Å². The number of benzene rings is 2. The van der Waals surface area contributed by atoms with Gasteiger partial charge in [0, 0.05) is 27.4 Å². The summed E-state index contributed by atoms with van der Waals surface area (Å²) < 4.78 is 3.11. The average Bonchev–Trinajstić information content (AvgIpc) is 3.28. The van der Waals surface area contributed by atoms with E-state index in [1.807, 2.05) is 0 Å². The predicted octanol–water partition coefficient (Wildman–Crippen LogP) is 5.91. The molecule has 4 aromatic rings. The highest BCUT2D eigenvalue weighted by Gasteiger charge is 2.22. The molecule has 0 unspecified atom stereocenters. The molecule has 2 aromatic heterocycles. The highest BCUT2D eigenvalue weighted by molar-refractivity contribution is 6.36. The van der Waals surface area contributed by atoms with E-state index >= 15 is 0 Å². The summed E-state index contributed by atoms with van der Waals surface area (Å²) >= 11 is 18.7. The van der Waals surface area contributed by atoms with E-state index in [-0.39, 0.29) is 29.0 Å². The molecule has 0 aliphatic rings. The molecule has 2 heterocycles. The van der Waals surface area contributed by atoms with Crippen molar-refractivity contribution in [3.05, 3.63) is 102 Å². The number of aryl methyl sites for hydroxylation is 1. The lowest BCUT2D eigenvalue weighted by Crippen LogP contribution is -2.13. The summed E-state index contributed by atoms with van der Waals surface area (Å²) in [7, 11) is 0. The molecule has 0 aliphatic heterocycles. The normalized spacial score (nSPS) is 11.0. The number of nitrogens with zero attached hydrogens (tertiary/aromatic N) is 5. The minimum absolute atomic E-state index is 0.00844. The molecule has 9 nitrogen and oxygen atoms in total. The van der Waals surface area contributed by atoms with Crippen molar-refractivity contribution >= 4 is 52.2 Å². The van der Waals surface area contributed by atoms with Crippen LogP contribution in [0.4, 0.5) is 11.5 Å². The van der Waals surface area contributed by atoms with Gasteiger partial charge in [0.1, 0.15) is 16.4 Å². The van der Waals surface area contributed by atoms with E-state index in [1.165, 1.54) is 0 Å². The fourth-order valence-corrected chi connectivity index (χ4v) is 4.34. The molecule has 1 amide bonds. The maximum absolute atomic E-state index is 12.7. The molecule has 180 valence electrons. The Bertz CT molecular complexity index is 1410. The monoisotopic (exact) mass is 532 g/mol. The first-order chi connectivity index (χ1) is 16.6. The Kier molecular flexibility index (Phi) is 7.11. The maximum Gasteiger partial charge on any atom is 0.312 e. The number of rotatable bonds is 7. The van der Waals surface area contributed by atoms with Crippen LogP contribution in [-0.2, 0) is 13.1 Å². The predicted molar refractivity (Wildman–Crippen MR) is 135 cm³/mol. The van der Waals surface area contributed by atoms with Gasteiger partial charge in [0.15, 0.2) is 5.82 Å². The van der Waals surface area contributed by atoms with Crippen LogP contribution in [0.3, 0.4) is 0 Å². The molecule has 0 saturated heterocycles. The van der Waals surface area contributed by atoms with Gasteiger partial charge in [0.25, 0.3) is 5.91 Å². The van der Waals surface area contributed by atoms with Crippen LogP contribution in [0, 0.1) is 24.0 Å². The lowest BCUT2D eigenvalue weighted by molar-refractivity contribution is -0.386. The van der Waals surface area contributed by atoms with Gasteiger partial charge in [-0.25, -0.2) is 0 Å². The number of hydrogen-bond donors (Lipinski definition) is 1. The van der Waals surface area contributed by atoms with Crippen LogP contribution in [0.25, 0.3) is 0 Å². The molecule has 0 fully saturated rings. The molecule has 0 saturated carbocycles. The first kappa shape index (κ1) is 24.7. The van der Waals surface area contributed by atoms with Crippen LogP contribution in [0.15, 0.2) is 48.7 Å². The van der Waals surface area contributed by atoms with Crippen LogP contribution < -0.4 is 5.32 Å². The molecular weight excluding hydrogens is 515 g/mol. The molecule has 4 rings (SSSR count). The zero-order valence-corrected chi connectivity index (χ0v) is 20.9. The zero-order valence-electron chi connectivity index (χ0n) is 18.6. The molecule has 35 heavy (non-hydrogen) atoms. The lowest BCUT2D eigenvalue weighted by atomic mass is 10.1. The summed E-state index contributed by atoms with van der Waals surface area (Å²) in [5.41, 5.74) is 2.76. The van der Waals surface area contributed by atoms with Gasteiger partial charge in [0.2, 0.25) is 0 Å². The molecule has 12 heteroatoms. The molecular formula is C23H19Cl3N6O3. The van der Waals surface area contributed by atoms with Gasteiger partial charge in [-0.1, -0.05) is 53.0 Å². The minimum atomic E-state index is -0.433. The number of hydrogen-bond acceptors (Lipinski definition) is 5. The maximum atomic E-state index is 12.7. The van der Waals surface area contributed by atoms with Crippen molar-refractivity contribution in [1.82, 2.24) is 19.6 Å². The van der Waals surface area contributed by atoms with Gasteiger partial charge in [-0.2, -0.15) is 10.2 Å². The fraction of sp³-hybridized carbons (Fsp3) is 0.174. The number of aromatic nitrogens is 4. The van der Waals surface area contributed by atoms with Crippen molar-refractivity contribution in [3.8, 4) is 0 Å². The van der Waals surface area contributed by atoms with E-state index in [4.69, 9.17) is 34.8 Å². The topological polar surface area (TPSA) is 108 Å². The van der Waals surface area contributed by atoms with Crippen molar-refractivity contribution in [2.45, 2.75) is 26.9 Å². The number of amides is 1. The summed E-state index contributed by atoms with van der Waals surface area (Å²) in [6, 6.07) is 12.0. The number of carbonyl (C=O) groups excluding carboxylic acids is 1. The van der Waals surface area contributed by atoms with E-state index in [1.54, 1.807) is 71.9 Å². The molecule has 0 spiro atoms. The van der Waals surface area contributed by atoms with E-state index in [0.717, 1.165) is 5.56 Å². The van der Waals surface area contributed by atoms with Crippen LogP contribution in [-0.4, -0.2) is 30.4 Å². The summed E-state index contributed by atoms with van der Waals surface area (Å²) in [4.78, 5) is 23.5. The third kappa shape index (κ3) is 5.32. The van der Waals surface area contributed by atoms with E-state index in [0.29, 0.717) is 39.1 Å². The largest absolute Gasteiger partial charge is 0.312 e.